The summed E-state index contributed by atoms with van der Waals surface area (Å²) in [5.41, 5.74) is 0.816. The zero-order chi connectivity index (χ0) is 17.5. The van der Waals surface area contributed by atoms with Gasteiger partial charge in [-0.1, -0.05) is 30.3 Å². The first-order chi connectivity index (χ1) is 11.5. The van der Waals surface area contributed by atoms with Crippen LogP contribution in [0.2, 0.25) is 0 Å². The van der Waals surface area contributed by atoms with Gasteiger partial charge >= 0.3 is 6.09 Å². The Morgan fingerprint density at radius 2 is 1.96 bits per heavy atom. The van der Waals surface area contributed by atoms with E-state index in [4.69, 9.17) is 5.11 Å². The normalized spacial score (nSPS) is 17.7. The van der Waals surface area contributed by atoms with Crippen molar-refractivity contribution in [2.45, 2.75) is 25.4 Å². The summed E-state index contributed by atoms with van der Waals surface area (Å²) in [5.74, 6) is -2.48. The predicted octanol–water partition coefficient (Wildman–Crippen LogP) is 0.0343. The van der Waals surface area contributed by atoms with E-state index >= 15 is 0 Å². The van der Waals surface area contributed by atoms with Crippen molar-refractivity contribution in [2.24, 2.45) is 5.92 Å². The van der Waals surface area contributed by atoms with Crippen molar-refractivity contribution < 1.29 is 24.3 Å². The number of carboxylic acid groups (broad SMARTS) is 1. The molecule has 8 heteroatoms. The minimum absolute atomic E-state index is 0.0320. The molecule has 0 aliphatic carbocycles. The second-order valence-corrected chi connectivity index (χ2v) is 5.55. The fraction of sp³-hybridized carbons (Fsp3) is 0.375. The molecule has 0 bridgehead atoms. The van der Waals surface area contributed by atoms with Gasteiger partial charge < -0.3 is 21.1 Å². The van der Waals surface area contributed by atoms with E-state index in [1.807, 2.05) is 11.4 Å². The lowest BCUT2D eigenvalue weighted by Gasteiger charge is -2.18. The standard InChI is InChI=1S/C16H19N3O5/c20-13(15(22)18-9-10-4-2-1-3-5-10)12(19-16(23)24)8-11-6-7-17-14(11)21/h1-5,11-12,19H,6-9H2,(H,17,21)(H,18,22)(H,23,24)/t11-,12-/m0/s1. The Morgan fingerprint density at radius 3 is 2.54 bits per heavy atom. The Morgan fingerprint density at radius 1 is 1.25 bits per heavy atom. The molecule has 0 aromatic heterocycles. The van der Waals surface area contributed by atoms with Crippen LogP contribution < -0.4 is 16.0 Å². The van der Waals surface area contributed by atoms with Gasteiger partial charge in [-0.25, -0.2) is 4.79 Å². The summed E-state index contributed by atoms with van der Waals surface area (Å²) in [7, 11) is 0. The number of amides is 3. The number of benzene rings is 1. The molecule has 2 rings (SSSR count). The van der Waals surface area contributed by atoms with Crippen molar-refractivity contribution in [1.29, 1.82) is 0 Å². The summed E-state index contributed by atoms with van der Waals surface area (Å²) in [4.78, 5) is 46.7. The monoisotopic (exact) mass is 333 g/mol. The molecule has 1 aliphatic heterocycles. The second-order valence-electron chi connectivity index (χ2n) is 5.55. The van der Waals surface area contributed by atoms with Crippen LogP contribution in [-0.4, -0.2) is 41.4 Å². The lowest BCUT2D eigenvalue weighted by molar-refractivity contribution is -0.139. The molecule has 1 aromatic rings. The highest BCUT2D eigenvalue weighted by atomic mass is 16.4. The second kappa shape index (κ2) is 8.09. The van der Waals surface area contributed by atoms with Crippen molar-refractivity contribution in [3.63, 3.8) is 0 Å². The molecule has 1 heterocycles. The van der Waals surface area contributed by atoms with Gasteiger partial charge in [0.2, 0.25) is 11.7 Å². The van der Waals surface area contributed by atoms with Gasteiger partial charge in [-0.3, -0.25) is 14.4 Å². The summed E-state index contributed by atoms with van der Waals surface area (Å²) < 4.78 is 0. The average molecular weight is 333 g/mol. The maximum absolute atomic E-state index is 12.2. The minimum atomic E-state index is -1.41. The lowest BCUT2D eigenvalue weighted by Crippen LogP contribution is -2.48. The molecule has 3 amide bonds. The lowest BCUT2D eigenvalue weighted by atomic mass is 9.95. The Hall–Kier alpha value is -2.90. The Balaban J connectivity index is 1.96. The van der Waals surface area contributed by atoms with E-state index in [0.717, 1.165) is 5.56 Å². The first kappa shape index (κ1) is 17.5. The summed E-state index contributed by atoms with van der Waals surface area (Å²) in [6.07, 6.45) is -0.937. The molecule has 24 heavy (non-hydrogen) atoms. The zero-order valence-electron chi connectivity index (χ0n) is 13.0. The topological polar surface area (TPSA) is 125 Å². The number of Topliss-reactive ketones (excluding diaryl/α,β-unsaturated/α-hetero) is 1. The number of rotatable bonds is 7. The van der Waals surface area contributed by atoms with Crippen molar-refractivity contribution in [3.8, 4) is 0 Å². The number of nitrogens with one attached hydrogen (secondary N) is 3. The zero-order valence-corrected chi connectivity index (χ0v) is 13.0. The van der Waals surface area contributed by atoms with E-state index in [9.17, 15) is 19.2 Å². The van der Waals surface area contributed by atoms with Gasteiger partial charge in [0, 0.05) is 19.0 Å². The van der Waals surface area contributed by atoms with Crippen LogP contribution in [0.1, 0.15) is 18.4 Å². The average Bonchev–Trinajstić information content (AvgIpc) is 2.97. The molecule has 1 fully saturated rings. The van der Waals surface area contributed by atoms with Crippen molar-refractivity contribution in [2.75, 3.05) is 6.54 Å². The number of ketones is 1. The molecule has 1 aliphatic rings. The molecule has 1 aromatic carbocycles. The summed E-state index contributed by atoms with van der Waals surface area (Å²) in [6, 6.07) is 7.78. The quantitative estimate of drug-likeness (QED) is 0.524. The largest absolute Gasteiger partial charge is 0.465 e. The first-order valence-electron chi connectivity index (χ1n) is 7.60. The van der Waals surface area contributed by atoms with E-state index in [1.165, 1.54) is 0 Å². The third kappa shape index (κ3) is 4.80. The van der Waals surface area contributed by atoms with Crippen LogP contribution in [0, 0.1) is 5.92 Å². The Kier molecular flexibility index (Phi) is 5.89. The van der Waals surface area contributed by atoms with Crippen molar-refractivity contribution >= 4 is 23.7 Å². The van der Waals surface area contributed by atoms with Crippen LogP contribution in [0.3, 0.4) is 0 Å². The van der Waals surface area contributed by atoms with Gasteiger partial charge in [-0.2, -0.15) is 0 Å². The molecule has 8 nitrogen and oxygen atoms in total. The van der Waals surface area contributed by atoms with Crippen molar-refractivity contribution in [1.82, 2.24) is 16.0 Å². The van der Waals surface area contributed by atoms with Crippen LogP contribution in [-0.2, 0) is 20.9 Å². The number of carbonyl (C=O) groups is 4. The van der Waals surface area contributed by atoms with Crippen LogP contribution in [0.25, 0.3) is 0 Å². The first-order valence-corrected chi connectivity index (χ1v) is 7.60. The van der Waals surface area contributed by atoms with Crippen LogP contribution in [0.15, 0.2) is 30.3 Å². The van der Waals surface area contributed by atoms with Crippen LogP contribution in [0.4, 0.5) is 4.79 Å². The van der Waals surface area contributed by atoms with Crippen molar-refractivity contribution in [3.05, 3.63) is 35.9 Å². The Labute approximate surface area is 138 Å². The van der Waals surface area contributed by atoms with Crippen LogP contribution in [0.5, 0.6) is 0 Å². The highest BCUT2D eigenvalue weighted by Crippen LogP contribution is 2.16. The van der Waals surface area contributed by atoms with Gasteiger partial charge in [0.1, 0.15) is 6.04 Å². The summed E-state index contributed by atoms with van der Waals surface area (Å²) in [6.45, 7) is 0.646. The summed E-state index contributed by atoms with van der Waals surface area (Å²) in [5, 5.41) is 16.0. The number of carbonyl (C=O) groups excluding carboxylic acids is 3. The molecular formula is C16H19N3O5. The molecular weight excluding hydrogens is 314 g/mol. The molecule has 0 radical (unpaired) electrons. The number of hydrogen-bond donors (Lipinski definition) is 4. The van der Waals surface area contributed by atoms with Gasteiger partial charge in [-0.15, -0.1) is 0 Å². The summed E-state index contributed by atoms with van der Waals surface area (Å²) >= 11 is 0. The molecule has 0 unspecified atom stereocenters. The van der Waals surface area contributed by atoms with E-state index in [-0.39, 0.29) is 18.9 Å². The third-order valence-corrected chi connectivity index (χ3v) is 3.82. The maximum Gasteiger partial charge on any atom is 0.405 e. The molecule has 0 saturated carbocycles. The highest BCUT2D eigenvalue weighted by molar-refractivity contribution is 6.38. The van der Waals surface area contributed by atoms with Gasteiger partial charge in [-0.05, 0) is 18.4 Å². The fourth-order valence-electron chi connectivity index (χ4n) is 2.56. The van der Waals surface area contributed by atoms with E-state index in [1.54, 1.807) is 24.3 Å². The molecule has 2 atom stereocenters. The van der Waals surface area contributed by atoms with Gasteiger partial charge in [0.25, 0.3) is 5.91 Å². The van der Waals surface area contributed by atoms with Gasteiger partial charge in [0.15, 0.2) is 0 Å². The number of hydrogen-bond acceptors (Lipinski definition) is 4. The molecule has 128 valence electrons. The van der Waals surface area contributed by atoms with Crippen LogP contribution >= 0.6 is 0 Å². The minimum Gasteiger partial charge on any atom is -0.465 e. The molecule has 4 N–H and O–H groups in total. The molecule has 1 saturated heterocycles. The molecule has 0 spiro atoms. The highest BCUT2D eigenvalue weighted by Gasteiger charge is 2.33. The van der Waals surface area contributed by atoms with E-state index in [0.29, 0.717) is 13.0 Å². The fourth-order valence-corrected chi connectivity index (χ4v) is 2.56. The van der Waals surface area contributed by atoms with E-state index < -0.39 is 29.7 Å². The van der Waals surface area contributed by atoms with E-state index in [2.05, 4.69) is 10.6 Å². The Bertz CT molecular complexity index is 632. The predicted molar refractivity (Wildman–Crippen MR) is 84.0 cm³/mol. The van der Waals surface area contributed by atoms with Gasteiger partial charge in [0.05, 0.1) is 0 Å². The third-order valence-electron chi connectivity index (χ3n) is 3.82. The SMILES string of the molecule is O=C(O)N[C@@H](C[C@@H]1CCNC1=O)C(=O)C(=O)NCc1ccccc1. The maximum atomic E-state index is 12.2. The smallest absolute Gasteiger partial charge is 0.405 e.